The van der Waals surface area contributed by atoms with Crippen LogP contribution in [0, 0.1) is 0 Å². The molecule has 0 aliphatic rings. The van der Waals surface area contributed by atoms with E-state index >= 15 is 0 Å². The van der Waals surface area contributed by atoms with E-state index in [0.29, 0.717) is 0 Å². The van der Waals surface area contributed by atoms with Gasteiger partial charge in [0.15, 0.2) is 0 Å². The molecular weight excluding hydrogens is 366 g/mol. The third-order valence-corrected chi connectivity index (χ3v) is 1.89. The van der Waals surface area contributed by atoms with Crippen molar-refractivity contribution < 1.29 is 146 Å². The van der Waals surface area contributed by atoms with E-state index in [-0.39, 0.29) is 102 Å². The van der Waals surface area contributed by atoms with E-state index < -0.39 is 23.5 Å². The van der Waals surface area contributed by atoms with Crippen LogP contribution >= 0.6 is 23.5 Å². The van der Waals surface area contributed by atoms with E-state index in [1.165, 1.54) is 0 Å². The van der Waals surface area contributed by atoms with Gasteiger partial charge in [-0.15, -0.1) is 0 Å². The average molecular weight is 378 g/mol. The van der Waals surface area contributed by atoms with Crippen molar-refractivity contribution >= 4 is 23.5 Å². The molecule has 0 aliphatic carbocycles. The van der Waals surface area contributed by atoms with Crippen LogP contribution in [0.2, 0.25) is 0 Å². The molecule has 0 fully saturated rings. The first-order valence-corrected chi connectivity index (χ1v) is 6.89. The van der Waals surface area contributed by atoms with Gasteiger partial charge in [-0.1, -0.05) is 7.43 Å². The van der Waals surface area contributed by atoms with Gasteiger partial charge >= 0.3 is 104 Å². The Kier molecular flexibility index (Phi) is 40.2. The van der Waals surface area contributed by atoms with Crippen molar-refractivity contribution in [2.24, 2.45) is 0 Å². The average Bonchev–Trinajstić information content (AvgIpc) is 1.42. The third-order valence-electron chi connectivity index (χ3n) is 0.210. The van der Waals surface area contributed by atoms with E-state index in [1.807, 2.05) is 0 Å². The van der Waals surface area contributed by atoms with Crippen molar-refractivity contribution in [3.8, 4) is 0 Å². The Balaban J connectivity index is -0.0000000261. The fraction of sp³-hybridized carbons (Fsp3) is 1.00. The molecular formula is CH12Na3O12P3+2. The molecule has 0 radical (unpaired) electrons. The molecule has 0 aromatic carbocycles. The molecule has 12 nitrogen and oxygen atoms in total. The molecule has 0 spiro atoms. The molecule has 104 valence electrons. The summed E-state index contributed by atoms with van der Waals surface area (Å²) in [6.45, 7) is 0. The largest absolute Gasteiger partial charge is 1.00 e. The molecule has 0 heterocycles. The SMILES string of the molecule is C.O.O=P(O)(O)O.O=P([O-])(O)OP(=O)(O)O.[Na+].[Na+].[Na+]. The van der Waals surface area contributed by atoms with Gasteiger partial charge in [0.25, 0.3) is 7.82 Å². The maximum Gasteiger partial charge on any atom is 1.00 e. The monoisotopic (exact) mass is 378 g/mol. The van der Waals surface area contributed by atoms with Crippen LogP contribution in [0.5, 0.6) is 0 Å². The molecule has 0 aromatic heterocycles. The smallest absolute Gasteiger partial charge is 0.756 e. The summed E-state index contributed by atoms with van der Waals surface area (Å²) < 4.78 is 30.8. The van der Waals surface area contributed by atoms with Crippen LogP contribution in [0.1, 0.15) is 7.43 Å². The second-order valence-corrected chi connectivity index (χ2v) is 5.15. The maximum atomic E-state index is 9.59. The van der Waals surface area contributed by atoms with Crippen LogP contribution in [0.3, 0.4) is 0 Å². The minimum Gasteiger partial charge on any atom is -0.756 e. The van der Waals surface area contributed by atoms with Crippen LogP contribution in [0.25, 0.3) is 0 Å². The van der Waals surface area contributed by atoms with Gasteiger partial charge < -0.3 is 39.7 Å². The quantitative estimate of drug-likeness (QED) is 0.195. The number of hydrogen-bond acceptors (Lipinski definition) is 5. The van der Waals surface area contributed by atoms with Crippen molar-refractivity contribution in [2.45, 2.75) is 7.43 Å². The topological polar surface area (TPSA) is 236 Å². The summed E-state index contributed by atoms with van der Waals surface area (Å²) in [7, 11) is -15.1. The van der Waals surface area contributed by atoms with Crippen molar-refractivity contribution in [2.75, 3.05) is 0 Å². The van der Waals surface area contributed by atoms with Crippen LogP contribution in [0.15, 0.2) is 0 Å². The van der Waals surface area contributed by atoms with Gasteiger partial charge in [0.2, 0.25) is 0 Å². The minimum absolute atomic E-state index is 0. The van der Waals surface area contributed by atoms with Crippen LogP contribution in [-0.2, 0) is 18.0 Å². The van der Waals surface area contributed by atoms with E-state index in [0.717, 1.165) is 0 Å². The summed E-state index contributed by atoms with van der Waals surface area (Å²) in [4.78, 5) is 54.1. The molecule has 0 saturated heterocycles. The Morgan fingerprint density at radius 3 is 0.947 bits per heavy atom. The fourth-order valence-electron chi connectivity index (χ4n) is 0.134. The Hall–Kier alpha value is 3.33. The zero-order chi connectivity index (χ0) is 12.2. The van der Waals surface area contributed by atoms with Gasteiger partial charge in [-0.2, -0.15) is 0 Å². The Morgan fingerprint density at radius 2 is 0.947 bits per heavy atom. The van der Waals surface area contributed by atoms with Crippen LogP contribution in [-0.4, -0.2) is 34.8 Å². The van der Waals surface area contributed by atoms with Crippen LogP contribution in [0.4, 0.5) is 0 Å². The molecule has 19 heavy (non-hydrogen) atoms. The van der Waals surface area contributed by atoms with Gasteiger partial charge in [0.1, 0.15) is 0 Å². The summed E-state index contributed by atoms with van der Waals surface area (Å²) in [5.41, 5.74) is 0. The molecule has 0 aromatic rings. The molecule has 1 atom stereocenters. The van der Waals surface area contributed by atoms with E-state index in [1.54, 1.807) is 0 Å². The van der Waals surface area contributed by atoms with E-state index in [4.69, 9.17) is 33.9 Å². The van der Waals surface area contributed by atoms with Crippen molar-refractivity contribution in [3.05, 3.63) is 0 Å². The Bertz CT molecular complexity index is 271. The summed E-state index contributed by atoms with van der Waals surface area (Å²) in [5, 5.41) is 0. The summed E-state index contributed by atoms with van der Waals surface area (Å²) in [6.07, 6.45) is 0. The molecule has 0 aliphatic heterocycles. The predicted molar refractivity (Wildman–Crippen MR) is 47.6 cm³/mol. The van der Waals surface area contributed by atoms with Crippen LogP contribution < -0.4 is 93.6 Å². The zero-order valence-electron chi connectivity index (χ0n) is 9.57. The molecule has 0 rings (SSSR count). The normalized spacial score (nSPS) is 12.2. The molecule has 18 heteroatoms. The van der Waals surface area contributed by atoms with Gasteiger partial charge in [-0.05, 0) is 0 Å². The van der Waals surface area contributed by atoms with Crippen molar-refractivity contribution in [1.29, 1.82) is 0 Å². The van der Waals surface area contributed by atoms with Crippen molar-refractivity contribution in [1.82, 2.24) is 0 Å². The van der Waals surface area contributed by atoms with Gasteiger partial charge in [0, 0.05) is 0 Å². The maximum absolute atomic E-state index is 9.59. The molecule has 0 bridgehead atoms. The van der Waals surface area contributed by atoms with Gasteiger partial charge in [-0.25, -0.2) is 13.4 Å². The fourth-order valence-corrected chi connectivity index (χ4v) is 1.21. The molecule has 0 amide bonds. The van der Waals surface area contributed by atoms with E-state index in [9.17, 15) is 14.0 Å². The third kappa shape index (κ3) is 91.6. The summed E-state index contributed by atoms with van der Waals surface area (Å²) in [5.74, 6) is 0. The number of hydrogen-bond donors (Lipinski definition) is 6. The second kappa shape index (κ2) is 17.7. The molecule has 1 unspecified atom stereocenters. The summed E-state index contributed by atoms with van der Waals surface area (Å²) in [6, 6.07) is 0. The first-order chi connectivity index (χ1) is 5.71. The first-order valence-electron chi connectivity index (χ1n) is 2.30. The summed E-state index contributed by atoms with van der Waals surface area (Å²) >= 11 is 0. The predicted octanol–water partition coefficient (Wildman–Crippen LogP) is -11.5. The molecule has 8 N–H and O–H groups in total. The Morgan fingerprint density at radius 1 is 0.789 bits per heavy atom. The van der Waals surface area contributed by atoms with Crippen molar-refractivity contribution in [3.63, 3.8) is 0 Å². The Labute approximate surface area is 175 Å². The minimum atomic E-state index is -5.30. The van der Waals surface area contributed by atoms with Gasteiger partial charge in [0.05, 0.1) is 0 Å². The van der Waals surface area contributed by atoms with Gasteiger partial charge in [-0.3, -0.25) is 4.57 Å². The number of phosphoric acid groups is 3. The standard InChI is InChI=1S/CH4.3Na.H4O7P2.H3O4P.H2O/c;;;;1-8(2,3)7-9(4,5)6;1-5(2,3)4;/h1H4;;;;(H2,1,2,3)(H2,4,5,6);(H3,1,2,3,4);1H2/q;3*+1;;;/p-1. The molecule has 0 saturated carbocycles. The van der Waals surface area contributed by atoms with E-state index in [2.05, 4.69) is 4.31 Å². The first kappa shape index (κ1) is 43.2. The number of rotatable bonds is 2. The zero-order valence-corrected chi connectivity index (χ0v) is 18.2. The second-order valence-electron chi connectivity index (χ2n) is 1.55.